The van der Waals surface area contributed by atoms with Crippen molar-refractivity contribution in [2.75, 3.05) is 0 Å². The van der Waals surface area contributed by atoms with E-state index in [1.165, 1.54) is 29.0 Å². The van der Waals surface area contributed by atoms with Gasteiger partial charge in [-0.3, -0.25) is 19.6 Å². The van der Waals surface area contributed by atoms with Crippen molar-refractivity contribution in [2.24, 2.45) is 0 Å². The van der Waals surface area contributed by atoms with Gasteiger partial charge in [-0.2, -0.15) is 0 Å². The topological polar surface area (TPSA) is 87.2 Å². The number of rotatable bonds is 6. The van der Waals surface area contributed by atoms with Gasteiger partial charge in [0.1, 0.15) is 11.5 Å². The summed E-state index contributed by atoms with van der Waals surface area (Å²) in [6, 6.07) is 20.4. The molecular weight excluding hydrogens is 471 g/mol. The second kappa shape index (κ2) is 9.73. The average molecular weight is 497 g/mol. The number of H-pyrrole nitrogens is 1. The molecule has 0 aliphatic carbocycles. The van der Waals surface area contributed by atoms with Crippen molar-refractivity contribution in [1.29, 1.82) is 0 Å². The van der Waals surface area contributed by atoms with Crippen molar-refractivity contribution < 1.29 is 14.0 Å². The summed E-state index contributed by atoms with van der Waals surface area (Å²) in [7, 11) is 0. The number of nitrogens with zero attached hydrogens (tertiary/aromatic N) is 2. The van der Waals surface area contributed by atoms with Crippen molar-refractivity contribution in [3.05, 3.63) is 128 Å². The van der Waals surface area contributed by atoms with E-state index in [0.717, 1.165) is 21.6 Å². The molecule has 0 saturated carbocycles. The zero-order chi connectivity index (χ0) is 26.1. The number of hydrogen-bond donors (Lipinski definition) is 2. The Morgan fingerprint density at radius 2 is 1.62 bits per heavy atom. The Bertz CT molecular complexity index is 1620. The summed E-state index contributed by atoms with van der Waals surface area (Å²) in [5, 5.41) is 5.79. The van der Waals surface area contributed by atoms with E-state index in [4.69, 9.17) is 0 Å². The van der Waals surface area contributed by atoms with Crippen molar-refractivity contribution in [3.63, 3.8) is 0 Å². The molecule has 8 heteroatoms. The number of urea groups is 1. The lowest BCUT2D eigenvalue weighted by Crippen LogP contribution is -2.30. The maximum absolute atomic E-state index is 13.6. The molecule has 1 aromatic heterocycles. The summed E-state index contributed by atoms with van der Waals surface area (Å²) in [5.41, 5.74) is 4.71. The van der Waals surface area contributed by atoms with Crippen LogP contribution >= 0.6 is 0 Å². The van der Waals surface area contributed by atoms with Crippen LogP contribution in [0.25, 0.3) is 11.8 Å². The molecule has 0 unspecified atom stereocenters. The SMILES string of the molecule is Cc1ccccc1Cc1[nH]n(-c2ccccc2C)c(=O)c1/C=C1\NC(=O)N(Cc2cccc(F)c2)C1=O. The summed E-state index contributed by atoms with van der Waals surface area (Å²) in [6.45, 7) is 3.82. The predicted molar refractivity (Wildman–Crippen MR) is 139 cm³/mol. The van der Waals surface area contributed by atoms with Crippen LogP contribution in [0.1, 0.15) is 33.5 Å². The predicted octanol–water partition coefficient (Wildman–Crippen LogP) is 4.61. The number of hydrogen-bond acceptors (Lipinski definition) is 3. The minimum Gasteiger partial charge on any atom is -0.303 e. The van der Waals surface area contributed by atoms with Crippen molar-refractivity contribution in [1.82, 2.24) is 20.0 Å². The van der Waals surface area contributed by atoms with Crippen LogP contribution in [-0.2, 0) is 17.8 Å². The van der Waals surface area contributed by atoms with Gasteiger partial charge in [0.15, 0.2) is 0 Å². The van der Waals surface area contributed by atoms with E-state index < -0.39 is 17.8 Å². The Hall–Kier alpha value is -4.72. The third kappa shape index (κ3) is 4.73. The molecule has 186 valence electrons. The molecule has 0 spiro atoms. The van der Waals surface area contributed by atoms with Crippen LogP contribution in [0, 0.1) is 19.7 Å². The highest BCUT2D eigenvalue weighted by atomic mass is 19.1. The summed E-state index contributed by atoms with van der Waals surface area (Å²) < 4.78 is 15.1. The molecule has 7 nitrogen and oxygen atoms in total. The number of halogens is 1. The van der Waals surface area contributed by atoms with Crippen molar-refractivity contribution in [2.45, 2.75) is 26.8 Å². The van der Waals surface area contributed by atoms with Gasteiger partial charge in [-0.05, 0) is 60.4 Å². The lowest BCUT2D eigenvalue weighted by Gasteiger charge is -2.11. The summed E-state index contributed by atoms with van der Waals surface area (Å²) >= 11 is 0. The lowest BCUT2D eigenvalue weighted by atomic mass is 10.0. The molecule has 1 aliphatic rings. The number of para-hydroxylation sites is 1. The molecule has 2 N–H and O–H groups in total. The Balaban J connectivity index is 1.56. The van der Waals surface area contributed by atoms with E-state index in [1.807, 2.05) is 62.4 Å². The highest BCUT2D eigenvalue weighted by Crippen LogP contribution is 2.21. The van der Waals surface area contributed by atoms with Crippen LogP contribution in [0.15, 0.2) is 83.3 Å². The van der Waals surface area contributed by atoms with Crippen LogP contribution in [0.4, 0.5) is 9.18 Å². The zero-order valence-electron chi connectivity index (χ0n) is 20.4. The normalized spacial score (nSPS) is 14.5. The van der Waals surface area contributed by atoms with E-state index in [-0.39, 0.29) is 23.4 Å². The van der Waals surface area contributed by atoms with Gasteiger partial charge in [0.2, 0.25) is 0 Å². The Morgan fingerprint density at radius 1 is 0.892 bits per heavy atom. The van der Waals surface area contributed by atoms with Gasteiger partial charge in [-0.1, -0.05) is 54.6 Å². The molecule has 37 heavy (non-hydrogen) atoms. The van der Waals surface area contributed by atoms with E-state index in [2.05, 4.69) is 10.4 Å². The summed E-state index contributed by atoms with van der Waals surface area (Å²) in [5.74, 6) is -1.04. The number of aromatic nitrogens is 2. The van der Waals surface area contributed by atoms with Crippen molar-refractivity contribution >= 4 is 18.0 Å². The molecule has 1 saturated heterocycles. The molecule has 3 aromatic carbocycles. The van der Waals surface area contributed by atoms with Crippen LogP contribution in [0.3, 0.4) is 0 Å². The van der Waals surface area contributed by atoms with Crippen LogP contribution in [0.5, 0.6) is 0 Å². The molecule has 1 aliphatic heterocycles. The Labute approximate surface area is 212 Å². The molecule has 4 aromatic rings. The van der Waals surface area contributed by atoms with Crippen LogP contribution in [0.2, 0.25) is 0 Å². The fourth-order valence-electron chi connectivity index (χ4n) is 4.44. The Morgan fingerprint density at radius 3 is 2.35 bits per heavy atom. The van der Waals surface area contributed by atoms with E-state index in [9.17, 15) is 18.8 Å². The maximum Gasteiger partial charge on any atom is 0.329 e. The molecule has 5 rings (SSSR count). The summed E-state index contributed by atoms with van der Waals surface area (Å²) in [4.78, 5) is 40.4. The fourth-order valence-corrected chi connectivity index (χ4v) is 4.44. The number of carbonyl (C=O) groups is 2. The number of imide groups is 1. The zero-order valence-corrected chi connectivity index (χ0v) is 20.4. The van der Waals surface area contributed by atoms with E-state index >= 15 is 0 Å². The minimum atomic E-state index is -0.629. The molecular formula is C29H25FN4O3. The van der Waals surface area contributed by atoms with Crippen molar-refractivity contribution in [3.8, 4) is 5.69 Å². The highest BCUT2D eigenvalue weighted by molar-refractivity contribution is 6.13. The largest absolute Gasteiger partial charge is 0.329 e. The number of aromatic amines is 1. The number of nitrogens with one attached hydrogen (secondary N) is 2. The van der Waals surface area contributed by atoms with E-state index in [1.54, 1.807) is 6.07 Å². The molecule has 1 fully saturated rings. The first kappa shape index (κ1) is 24.0. The molecule has 2 heterocycles. The van der Waals surface area contributed by atoms with Crippen LogP contribution < -0.4 is 10.9 Å². The number of benzene rings is 3. The second-order valence-corrected chi connectivity index (χ2v) is 9.04. The van der Waals surface area contributed by atoms with Gasteiger partial charge in [0.05, 0.1) is 17.8 Å². The molecule has 0 radical (unpaired) electrons. The average Bonchev–Trinajstić information content (AvgIpc) is 3.31. The molecule has 0 bridgehead atoms. The van der Waals surface area contributed by atoms with Gasteiger partial charge in [0, 0.05) is 12.1 Å². The first-order valence-electron chi connectivity index (χ1n) is 11.8. The first-order chi connectivity index (χ1) is 17.8. The number of aryl methyl sites for hydroxylation is 2. The molecule has 3 amide bonds. The van der Waals surface area contributed by atoms with Gasteiger partial charge in [-0.25, -0.2) is 13.9 Å². The van der Waals surface area contributed by atoms with E-state index in [0.29, 0.717) is 23.4 Å². The quantitative estimate of drug-likeness (QED) is 0.302. The smallest absolute Gasteiger partial charge is 0.303 e. The third-order valence-electron chi connectivity index (χ3n) is 6.47. The lowest BCUT2D eigenvalue weighted by molar-refractivity contribution is -0.123. The standard InChI is InChI=1S/C29H25FN4O3/c1-18-8-3-5-11-21(18)15-24-23(27(35)34(32-24)26-13-6-4-9-19(26)2)16-25-28(36)33(29(37)31-25)17-20-10-7-12-22(30)14-20/h3-14,16,32H,15,17H2,1-2H3,(H,31,37)/b25-16-. The monoisotopic (exact) mass is 496 g/mol. The van der Waals surface area contributed by atoms with Crippen LogP contribution in [-0.4, -0.2) is 26.6 Å². The second-order valence-electron chi connectivity index (χ2n) is 9.04. The van der Waals surface area contributed by atoms with Gasteiger partial charge < -0.3 is 5.32 Å². The minimum absolute atomic E-state index is 0.0135. The number of amides is 3. The van der Waals surface area contributed by atoms with Gasteiger partial charge in [-0.15, -0.1) is 0 Å². The fraction of sp³-hybridized carbons (Fsp3) is 0.138. The van der Waals surface area contributed by atoms with Gasteiger partial charge in [0.25, 0.3) is 11.5 Å². The maximum atomic E-state index is 13.6. The Kier molecular flexibility index (Phi) is 6.31. The molecule has 0 atom stereocenters. The third-order valence-corrected chi connectivity index (χ3v) is 6.47. The van der Waals surface area contributed by atoms with Gasteiger partial charge >= 0.3 is 6.03 Å². The summed E-state index contributed by atoms with van der Waals surface area (Å²) in [6.07, 6.45) is 1.85. The highest BCUT2D eigenvalue weighted by Gasteiger charge is 2.34. The number of carbonyl (C=O) groups excluding carboxylic acids is 2. The first-order valence-corrected chi connectivity index (χ1v) is 11.8.